The SMILES string of the molecule is NC1CCC(Nc2ccccc2C(=O)O)C1. The van der Waals surface area contributed by atoms with Crippen molar-refractivity contribution >= 4 is 11.7 Å². The van der Waals surface area contributed by atoms with Crippen LogP contribution in [0.5, 0.6) is 0 Å². The summed E-state index contributed by atoms with van der Waals surface area (Å²) in [5, 5.41) is 12.3. The van der Waals surface area contributed by atoms with Crippen LogP contribution in [0.15, 0.2) is 24.3 Å². The van der Waals surface area contributed by atoms with E-state index in [0.29, 0.717) is 17.3 Å². The Morgan fingerprint density at radius 1 is 1.38 bits per heavy atom. The van der Waals surface area contributed by atoms with Crippen LogP contribution in [0, 0.1) is 0 Å². The Balaban J connectivity index is 2.12. The van der Waals surface area contributed by atoms with Crippen LogP contribution in [-0.4, -0.2) is 23.2 Å². The van der Waals surface area contributed by atoms with Gasteiger partial charge in [-0.2, -0.15) is 0 Å². The lowest BCUT2D eigenvalue weighted by Crippen LogP contribution is -2.21. The Hall–Kier alpha value is -1.55. The number of nitrogens with two attached hydrogens (primary N) is 1. The first-order valence-corrected chi connectivity index (χ1v) is 5.51. The minimum Gasteiger partial charge on any atom is -0.478 e. The minimum absolute atomic E-state index is 0.245. The van der Waals surface area contributed by atoms with Crippen LogP contribution in [0.1, 0.15) is 29.6 Å². The second-order valence-corrected chi connectivity index (χ2v) is 4.27. The van der Waals surface area contributed by atoms with E-state index in [9.17, 15) is 4.79 Å². The number of rotatable bonds is 3. The Bertz CT molecular complexity index is 392. The number of hydrogen-bond donors (Lipinski definition) is 3. The first kappa shape index (κ1) is 11.0. The molecule has 2 rings (SSSR count). The van der Waals surface area contributed by atoms with Crippen molar-refractivity contribution in [3.63, 3.8) is 0 Å². The molecule has 2 atom stereocenters. The third-order valence-corrected chi connectivity index (χ3v) is 2.99. The number of carbonyl (C=O) groups is 1. The number of para-hydroxylation sites is 1. The standard InChI is InChI=1S/C12H16N2O2/c13-8-5-6-9(7-8)14-11-4-2-1-3-10(11)12(15)16/h1-4,8-9,14H,5-7,13H2,(H,15,16). The molecule has 0 radical (unpaired) electrons. The predicted molar refractivity (Wildman–Crippen MR) is 62.6 cm³/mol. The van der Waals surface area contributed by atoms with Crippen molar-refractivity contribution in [3.05, 3.63) is 29.8 Å². The first-order valence-electron chi connectivity index (χ1n) is 5.51. The maximum atomic E-state index is 11.0. The van der Waals surface area contributed by atoms with Crippen molar-refractivity contribution < 1.29 is 9.90 Å². The molecule has 0 heterocycles. The maximum Gasteiger partial charge on any atom is 0.337 e. The maximum absolute atomic E-state index is 11.0. The van der Waals surface area contributed by atoms with Gasteiger partial charge in [0.25, 0.3) is 0 Å². The van der Waals surface area contributed by atoms with Crippen molar-refractivity contribution in [3.8, 4) is 0 Å². The lowest BCUT2D eigenvalue weighted by atomic mass is 10.1. The van der Waals surface area contributed by atoms with Crippen LogP contribution in [0.3, 0.4) is 0 Å². The molecule has 16 heavy (non-hydrogen) atoms. The molecule has 1 aliphatic rings. The van der Waals surface area contributed by atoms with Gasteiger partial charge < -0.3 is 16.2 Å². The molecule has 0 saturated heterocycles. The summed E-state index contributed by atoms with van der Waals surface area (Å²) in [6.07, 6.45) is 2.93. The summed E-state index contributed by atoms with van der Waals surface area (Å²) in [6, 6.07) is 7.52. The van der Waals surface area contributed by atoms with E-state index in [0.717, 1.165) is 19.3 Å². The highest BCUT2D eigenvalue weighted by atomic mass is 16.4. The summed E-state index contributed by atoms with van der Waals surface area (Å²) >= 11 is 0. The summed E-state index contributed by atoms with van der Waals surface area (Å²) in [4.78, 5) is 11.0. The largest absolute Gasteiger partial charge is 0.478 e. The summed E-state index contributed by atoms with van der Waals surface area (Å²) < 4.78 is 0. The Kier molecular flexibility index (Phi) is 3.10. The van der Waals surface area contributed by atoms with Crippen molar-refractivity contribution in [2.75, 3.05) is 5.32 Å². The van der Waals surface area contributed by atoms with Crippen LogP contribution in [0.25, 0.3) is 0 Å². The summed E-state index contributed by atoms with van der Waals surface area (Å²) in [5.74, 6) is -0.898. The second kappa shape index (κ2) is 4.53. The van der Waals surface area contributed by atoms with Gasteiger partial charge in [0, 0.05) is 17.8 Å². The lowest BCUT2D eigenvalue weighted by molar-refractivity contribution is 0.0698. The molecule has 1 aliphatic carbocycles. The monoisotopic (exact) mass is 220 g/mol. The van der Waals surface area contributed by atoms with E-state index in [-0.39, 0.29) is 6.04 Å². The summed E-state index contributed by atoms with van der Waals surface area (Å²) in [5.41, 5.74) is 6.83. The molecule has 0 spiro atoms. The number of anilines is 1. The average molecular weight is 220 g/mol. The van der Waals surface area contributed by atoms with E-state index < -0.39 is 5.97 Å². The molecule has 4 nitrogen and oxygen atoms in total. The van der Waals surface area contributed by atoms with E-state index in [2.05, 4.69) is 5.32 Å². The topological polar surface area (TPSA) is 75.3 Å². The van der Waals surface area contributed by atoms with E-state index in [4.69, 9.17) is 10.8 Å². The van der Waals surface area contributed by atoms with Crippen LogP contribution in [0.2, 0.25) is 0 Å². The quantitative estimate of drug-likeness (QED) is 0.724. The summed E-state index contributed by atoms with van der Waals surface area (Å²) in [6.45, 7) is 0. The average Bonchev–Trinajstić information content (AvgIpc) is 2.64. The third kappa shape index (κ3) is 2.33. The first-order chi connectivity index (χ1) is 7.66. The van der Waals surface area contributed by atoms with Crippen molar-refractivity contribution in [1.29, 1.82) is 0 Å². The molecule has 86 valence electrons. The van der Waals surface area contributed by atoms with Gasteiger partial charge in [0.05, 0.1) is 5.56 Å². The molecule has 0 amide bonds. The molecule has 4 heteroatoms. The van der Waals surface area contributed by atoms with Crippen LogP contribution in [-0.2, 0) is 0 Å². The number of benzene rings is 1. The molecule has 0 aliphatic heterocycles. The number of nitrogens with one attached hydrogen (secondary N) is 1. The van der Waals surface area contributed by atoms with Gasteiger partial charge >= 0.3 is 5.97 Å². The molecule has 2 unspecified atom stereocenters. The number of aromatic carboxylic acids is 1. The predicted octanol–water partition coefficient (Wildman–Crippen LogP) is 1.68. The smallest absolute Gasteiger partial charge is 0.337 e. The van der Waals surface area contributed by atoms with Gasteiger partial charge in [-0.05, 0) is 31.4 Å². The Morgan fingerprint density at radius 3 is 2.75 bits per heavy atom. The molecule has 1 fully saturated rings. The van der Waals surface area contributed by atoms with Gasteiger partial charge in [-0.25, -0.2) is 4.79 Å². The Morgan fingerprint density at radius 2 is 2.12 bits per heavy atom. The van der Waals surface area contributed by atoms with E-state index in [1.807, 2.05) is 6.07 Å². The second-order valence-electron chi connectivity index (χ2n) is 4.27. The molecule has 1 aromatic rings. The zero-order valence-corrected chi connectivity index (χ0v) is 9.02. The molecule has 0 aromatic heterocycles. The fourth-order valence-electron chi connectivity index (χ4n) is 2.16. The minimum atomic E-state index is -0.898. The fourth-order valence-corrected chi connectivity index (χ4v) is 2.16. The molecule has 1 aromatic carbocycles. The van der Waals surface area contributed by atoms with Gasteiger partial charge in [-0.15, -0.1) is 0 Å². The molecular weight excluding hydrogens is 204 g/mol. The number of carboxylic acids is 1. The third-order valence-electron chi connectivity index (χ3n) is 2.99. The Labute approximate surface area is 94.5 Å². The van der Waals surface area contributed by atoms with Crippen LogP contribution >= 0.6 is 0 Å². The lowest BCUT2D eigenvalue weighted by Gasteiger charge is -2.15. The van der Waals surface area contributed by atoms with Crippen molar-refractivity contribution in [2.24, 2.45) is 5.73 Å². The number of carboxylic acid groups (broad SMARTS) is 1. The van der Waals surface area contributed by atoms with Gasteiger partial charge in [0.15, 0.2) is 0 Å². The highest BCUT2D eigenvalue weighted by Gasteiger charge is 2.22. The van der Waals surface area contributed by atoms with E-state index in [1.165, 1.54) is 0 Å². The van der Waals surface area contributed by atoms with E-state index in [1.54, 1.807) is 18.2 Å². The zero-order valence-electron chi connectivity index (χ0n) is 9.02. The van der Waals surface area contributed by atoms with Crippen molar-refractivity contribution in [1.82, 2.24) is 0 Å². The zero-order chi connectivity index (χ0) is 11.5. The normalized spacial score (nSPS) is 24.3. The number of hydrogen-bond acceptors (Lipinski definition) is 3. The van der Waals surface area contributed by atoms with E-state index >= 15 is 0 Å². The van der Waals surface area contributed by atoms with Crippen LogP contribution < -0.4 is 11.1 Å². The fraction of sp³-hybridized carbons (Fsp3) is 0.417. The molecule has 4 N–H and O–H groups in total. The van der Waals surface area contributed by atoms with Gasteiger partial charge in [0.2, 0.25) is 0 Å². The molecule has 0 bridgehead atoms. The molecule has 1 saturated carbocycles. The van der Waals surface area contributed by atoms with Crippen LogP contribution in [0.4, 0.5) is 5.69 Å². The molecular formula is C12H16N2O2. The van der Waals surface area contributed by atoms with Gasteiger partial charge in [-0.3, -0.25) is 0 Å². The van der Waals surface area contributed by atoms with Crippen molar-refractivity contribution in [2.45, 2.75) is 31.3 Å². The summed E-state index contributed by atoms with van der Waals surface area (Å²) in [7, 11) is 0. The highest BCUT2D eigenvalue weighted by Crippen LogP contribution is 2.23. The highest BCUT2D eigenvalue weighted by molar-refractivity contribution is 5.94. The van der Waals surface area contributed by atoms with Gasteiger partial charge in [-0.1, -0.05) is 12.1 Å². The van der Waals surface area contributed by atoms with Gasteiger partial charge in [0.1, 0.15) is 0 Å².